The van der Waals surface area contributed by atoms with Gasteiger partial charge in [0.1, 0.15) is 17.7 Å². The van der Waals surface area contributed by atoms with Crippen LogP contribution in [0, 0.1) is 18.6 Å². The predicted molar refractivity (Wildman–Crippen MR) is 108 cm³/mol. The molecule has 0 amide bonds. The average molecular weight is 412 g/mol. The van der Waals surface area contributed by atoms with Gasteiger partial charge in [0.2, 0.25) is 11.8 Å². The summed E-state index contributed by atoms with van der Waals surface area (Å²) in [6, 6.07) is 17.1. The molecule has 1 unspecified atom stereocenters. The summed E-state index contributed by atoms with van der Waals surface area (Å²) >= 11 is 6.29. The molecule has 0 saturated heterocycles. The third kappa shape index (κ3) is 4.27. The average Bonchev–Trinajstić information content (AvgIpc) is 3.18. The number of halogens is 3. The molecular formula is C22H16ClF2N3O. The van der Waals surface area contributed by atoms with Crippen molar-refractivity contribution in [1.29, 1.82) is 0 Å². The van der Waals surface area contributed by atoms with E-state index in [4.69, 9.17) is 16.0 Å². The first kappa shape index (κ1) is 19.1. The molecular weight excluding hydrogens is 396 g/mol. The lowest BCUT2D eigenvalue weighted by Crippen LogP contribution is -2.13. The number of benzene rings is 3. The molecule has 0 radical (unpaired) electrons. The normalized spacial score (nSPS) is 12.0. The van der Waals surface area contributed by atoms with Gasteiger partial charge in [-0.05, 0) is 49.4 Å². The maximum atomic E-state index is 13.6. The van der Waals surface area contributed by atoms with Crippen molar-refractivity contribution in [2.75, 3.05) is 5.32 Å². The minimum Gasteiger partial charge on any atom is -0.418 e. The Balaban J connectivity index is 1.74. The molecule has 0 bridgehead atoms. The molecule has 4 nitrogen and oxygen atoms in total. The van der Waals surface area contributed by atoms with Crippen molar-refractivity contribution in [2.24, 2.45) is 0 Å². The quantitative estimate of drug-likeness (QED) is 0.426. The summed E-state index contributed by atoms with van der Waals surface area (Å²) in [7, 11) is 0. The smallest absolute Gasteiger partial charge is 0.247 e. The second-order valence-electron chi connectivity index (χ2n) is 6.57. The fraction of sp³-hybridized carbons (Fsp3) is 0.0909. The zero-order chi connectivity index (χ0) is 20.4. The van der Waals surface area contributed by atoms with Crippen molar-refractivity contribution < 1.29 is 13.2 Å². The fourth-order valence-electron chi connectivity index (χ4n) is 2.91. The summed E-state index contributed by atoms with van der Waals surface area (Å²) in [5, 5.41) is 11.7. The van der Waals surface area contributed by atoms with Crippen LogP contribution in [0.1, 0.15) is 23.1 Å². The molecule has 1 N–H and O–H groups in total. The van der Waals surface area contributed by atoms with Crippen LogP contribution in [0.25, 0.3) is 11.5 Å². The highest BCUT2D eigenvalue weighted by Gasteiger charge is 2.24. The summed E-state index contributed by atoms with van der Waals surface area (Å²) in [5.41, 5.74) is 2.94. The van der Waals surface area contributed by atoms with Crippen LogP contribution in [0.4, 0.5) is 14.5 Å². The van der Waals surface area contributed by atoms with Gasteiger partial charge in [-0.25, -0.2) is 8.78 Å². The molecule has 0 spiro atoms. The van der Waals surface area contributed by atoms with Gasteiger partial charge in [0.25, 0.3) is 0 Å². The lowest BCUT2D eigenvalue weighted by molar-refractivity contribution is 0.493. The summed E-state index contributed by atoms with van der Waals surface area (Å²) in [4.78, 5) is 0. The number of hydrogen-bond donors (Lipinski definition) is 1. The Hall–Kier alpha value is -3.25. The lowest BCUT2D eigenvalue weighted by Gasteiger charge is -2.18. The SMILES string of the molecule is Cc1ccc(NC(c2nnc(-c3cccc(F)c3)o2)c2ccc(F)cc2Cl)cc1. The van der Waals surface area contributed by atoms with Crippen molar-refractivity contribution in [3.05, 3.63) is 100 Å². The summed E-state index contributed by atoms with van der Waals surface area (Å²) in [5.74, 6) is -0.455. The first-order valence-electron chi connectivity index (χ1n) is 8.87. The van der Waals surface area contributed by atoms with Gasteiger partial charge in [0.05, 0.1) is 0 Å². The number of nitrogens with zero attached hydrogens (tertiary/aromatic N) is 2. The van der Waals surface area contributed by atoms with Crippen molar-refractivity contribution in [3.8, 4) is 11.5 Å². The summed E-state index contributed by atoms with van der Waals surface area (Å²) in [6.07, 6.45) is 0. The second kappa shape index (κ2) is 8.01. The summed E-state index contributed by atoms with van der Waals surface area (Å²) in [6.45, 7) is 1.99. The first-order chi connectivity index (χ1) is 14.0. The molecule has 1 atom stereocenters. The number of nitrogens with one attached hydrogen (secondary N) is 1. The van der Waals surface area contributed by atoms with Crippen LogP contribution in [-0.4, -0.2) is 10.2 Å². The van der Waals surface area contributed by atoms with E-state index in [1.165, 1.54) is 24.3 Å². The summed E-state index contributed by atoms with van der Waals surface area (Å²) < 4.78 is 32.9. The van der Waals surface area contributed by atoms with Gasteiger partial charge >= 0.3 is 0 Å². The highest BCUT2D eigenvalue weighted by molar-refractivity contribution is 6.31. The van der Waals surface area contributed by atoms with E-state index in [0.29, 0.717) is 11.1 Å². The molecule has 3 aromatic carbocycles. The zero-order valence-corrected chi connectivity index (χ0v) is 16.1. The Morgan fingerprint density at radius 1 is 0.931 bits per heavy atom. The van der Waals surface area contributed by atoms with E-state index in [9.17, 15) is 8.78 Å². The van der Waals surface area contributed by atoms with Crippen LogP contribution in [0.3, 0.4) is 0 Å². The van der Waals surface area contributed by atoms with Crippen LogP contribution >= 0.6 is 11.6 Å². The number of rotatable bonds is 5. The third-order valence-electron chi connectivity index (χ3n) is 4.40. The Bertz CT molecular complexity index is 1150. The van der Waals surface area contributed by atoms with Gasteiger partial charge in [0, 0.05) is 21.8 Å². The maximum absolute atomic E-state index is 13.6. The largest absolute Gasteiger partial charge is 0.418 e. The molecule has 0 aliphatic rings. The first-order valence-corrected chi connectivity index (χ1v) is 9.25. The van der Waals surface area contributed by atoms with Crippen molar-refractivity contribution in [3.63, 3.8) is 0 Å². The minimum atomic E-state index is -0.624. The van der Waals surface area contributed by atoms with Gasteiger partial charge in [-0.15, -0.1) is 10.2 Å². The number of aromatic nitrogens is 2. The zero-order valence-electron chi connectivity index (χ0n) is 15.4. The van der Waals surface area contributed by atoms with Crippen LogP contribution in [0.5, 0.6) is 0 Å². The minimum absolute atomic E-state index is 0.174. The second-order valence-corrected chi connectivity index (χ2v) is 6.97. The van der Waals surface area contributed by atoms with Crippen LogP contribution < -0.4 is 5.32 Å². The van der Waals surface area contributed by atoms with E-state index in [1.54, 1.807) is 18.2 Å². The molecule has 0 aliphatic heterocycles. The Morgan fingerprint density at radius 3 is 2.41 bits per heavy atom. The molecule has 146 valence electrons. The van der Waals surface area contributed by atoms with Crippen molar-refractivity contribution in [2.45, 2.75) is 13.0 Å². The van der Waals surface area contributed by atoms with Crippen LogP contribution in [-0.2, 0) is 0 Å². The number of anilines is 1. The highest BCUT2D eigenvalue weighted by atomic mass is 35.5. The molecule has 0 aliphatic carbocycles. The molecule has 7 heteroatoms. The molecule has 0 saturated carbocycles. The Kier molecular flexibility index (Phi) is 5.27. The van der Waals surface area contributed by atoms with Gasteiger partial charge in [0.15, 0.2) is 0 Å². The molecule has 1 heterocycles. The number of hydrogen-bond acceptors (Lipinski definition) is 4. The van der Waals surface area contributed by atoms with E-state index in [0.717, 1.165) is 11.3 Å². The van der Waals surface area contributed by atoms with Crippen LogP contribution in [0.15, 0.2) is 71.1 Å². The van der Waals surface area contributed by atoms with Gasteiger partial charge in [-0.2, -0.15) is 0 Å². The third-order valence-corrected chi connectivity index (χ3v) is 4.72. The van der Waals surface area contributed by atoms with E-state index in [-0.39, 0.29) is 16.8 Å². The van der Waals surface area contributed by atoms with E-state index < -0.39 is 17.7 Å². The molecule has 4 aromatic rings. The monoisotopic (exact) mass is 411 g/mol. The fourth-order valence-corrected chi connectivity index (χ4v) is 3.19. The lowest BCUT2D eigenvalue weighted by atomic mass is 10.1. The Morgan fingerprint density at radius 2 is 1.69 bits per heavy atom. The number of aryl methyl sites for hydroxylation is 1. The standard InChI is InChI=1S/C22H16ClF2N3O/c1-13-5-8-17(9-6-13)26-20(18-10-7-16(25)12-19(18)23)22-28-27-21(29-22)14-3-2-4-15(24)11-14/h2-12,20,26H,1H3. The highest BCUT2D eigenvalue weighted by Crippen LogP contribution is 2.33. The van der Waals surface area contributed by atoms with E-state index >= 15 is 0 Å². The molecule has 1 aromatic heterocycles. The van der Waals surface area contributed by atoms with Crippen molar-refractivity contribution in [1.82, 2.24) is 10.2 Å². The van der Waals surface area contributed by atoms with E-state index in [1.807, 2.05) is 31.2 Å². The van der Waals surface area contributed by atoms with E-state index in [2.05, 4.69) is 15.5 Å². The maximum Gasteiger partial charge on any atom is 0.247 e. The van der Waals surface area contributed by atoms with Gasteiger partial charge in [-0.3, -0.25) is 0 Å². The topological polar surface area (TPSA) is 51.0 Å². The van der Waals surface area contributed by atoms with Gasteiger partial charge in [-0.1, -0.05) is 41.4 Å². The Labute approximate surface area is 171 Å². The van der Waals surface area contributed by atoms with Crippen LogP contribution in [0.2, 0.25) is 5.02 Å². The molecule has 0 fully saturated rings. The van der Waals surface area contributed by atoms with Gasteiger partial charge < -0.3 is 9.73 Å². The van der Waals surface area contributed by atoms with Crippen molar-refractivity contribution >= 4 is 17.3 Å². The molecule has 29 heavy (non-hydrogen) atoms. The molecule has 4 rings (SSSR count). The predicted octanol–water partition coefficient (Wildman–Crippen LogP) is 6.18.